The molecular formula is C30H22F6N4O4S. The highest BCUT2D eigenvalue weighted by atomic mass is 32.1. The Kier molecular flexibility index (Phi) is 7.99. The van der Waals surface area contributed by atoms with Gasteiger partial charge in [-0.15, -0.1) is 11.3 Å². The minimum atomic E-state index is -3.11. The first-order valence-electron chi connectivity index (χ1n) is 13.5. The first kappa shape index (κ1) is 30.5. The number of pyridine rings is 1. The summed E-state index contributed by atoms with van der Waals surface area (Å²) in [7, 11) is 0. The number of carboxylic acid groups (broad SMARTS) is 1. The van der Waals surface area contributed by atoms with Gasteiger partial charge in [-0.05, 0) is 48.4 Å². The fraction of sp³-hybridized carbons (Fsp3) is 0.267. The summed E-state index contributed by atoms with van der Waals surface area (Å²) in [5, 5.41) is 9.53. The summed E-state index contributed by atoms with van der Waals surface area (Å²) in [6.45, 7) is 1.05. The van der Waals surface area contributed by atoms with Gasteiger partial charge >= 0.3 is 5.97 Å². The molecule has 0 amide bonds. The molecule has 45 heavy (non-hydrogen) atoms. The van der Waals surface area contributed by atoms with E-state index in [-0.39, 0.29) is 74.8 Å². The zero-order chi connectivity index (χ0) is 32.0. The van der Waals surface area contributed by atoms with Crippen LogP contribution in [-0.2, 0) is 30.2 Å². The van der Waals surface area contributed by atoms with Gasteiger partial charge in [0.15, 0.2) is 11.6 Å². The van der Waals surface area contributed by atoms with Crippen molar-refractivity contribution >= 4 is 28.3 Å². The predicted molar refractivity (Wildman–Crippen MR) is 149 cm³/mol. The predicted octanol–water partition coefficient (Wildman–Crippen LogP) is 6.88. The number of halogens is 6. The monoisotopic (exact) mass is 648 g/mol. The summed E-state index contributed by atoms with van der Waals surface area (Å²) in [5.74, 6) is -8.40. The standard InChI is InChI=1S/C30H22F6N4O4S/c1-30(35,36)24-11-37-26(45-24)13-44-28-18(31)2-3-22(38-28)17-10-19(32)14(6-20(17)33)9-25-39-27-21(34)7-15(29(41)42)8-23(27)40(25)12-16-4-5-43-16/h2-3,6-8,10-11,16H,4-5,9,12-13H2,1H3,(H,41,42)/t16-/m0/s1. The van der Waals surface area contributed by atoms with Gasteiger partial charge in [0.2, 0.25) is 0 Å². The van der Waals surface area contributed by atoms with Crippen molar-refractivity contribution in [3.8, 4) is 17.1 Å². The maximum atomic E-state index is 15.4. The molecule has 1 fully saturated rings. The van der Waals surface area contributed by atoms with Crippen LogP contribution in [0.25, 0.3) is 22.3 Å². The lowest BCUT2D eigenvalue weighted by Crippen LogP contribution is -2.31. The van der Waals surface area contributed by atoms with E-state index in [2.05, 4.69) is 15.0 Å². The van der Waals surface area contributed by atoms with E-state index in [9.17, 15) is 27.5 Å². The summed E-state index contributed by atoms with van der Waals surface area (Å²) in [4.78, 5) is 23.3. The summed E-state index contributed by atoms with van der Waals surface area (Å²) in [6, 6.07) is 5.96. The van der Waals surface area contributed by atoms with Crippen LogP contribution in [0.5, 0.6) is 5.88 Å². The Balaban J connectivity index is 1.28. The van der Waals surface area contributed by atoms with E-state index in [1.165, 1.54) is 10.6 Å². The van der Waals surface area contributed by atoms with E-state index in [4.69, 9.17) is 9.47 Å². The van der Waals surface area contributed by atoms with Crippen molar-refractivity contribution in [2.24, 2.45) is 0 Å². The third-order valence-corrected chi connectivity index (χ3v) is 8.35. The average molecular weight is 649 g/mol. The number of alkyl halides is 2. The van der Waals surface area contributed by atoms with E-state index >= 15 is 8.78 Å². The van der Waals surface area contributed by atoms with E-state index < -0.39 is 41.0 Å². The Bertz CT molecular complexity index is 1940. The fourth-order valence-electron chi connectivity index (χ4n) is 4.80. The number of imidazole rings is 1. The molecule has 1 N–H and O–H groups in total. The number of ether oxygens (including phenoxy) is 2. The molecule has 0 unspecified atom stereocenters. The first-order valence-corrected chi connectivity index (χ1v) is 14.3. The summed E-state index contributed by atoms with van der Waals surface area (Å²) >= 11 is 0.678. The van der Waals surface area contributed by atoms with Crippen LogP contribution in [0.4, 0.5) is 26.3 Å². The quantitative estimate of drug-likeness (QED) is 0.165. The lowest BCUT2D eigenvalue weighted by atomic mass is 10.0. The molecule has 6 rings (SSSR count). The highest BCUT2D eigenvalue weighted by Gasteiger charge is 2.28. The van der Waals surface area contributed by atoms with Gasteiger partial charge in [0.1, 0.15) is 34.6 Å². The number of aromatic carboxylic acids is 1. The van der Waals surface area contributed by atoms with E-state index in [1.807, 2.05) is 0 Å². The lowest BCUT2D eigenvalue weighted by Gasteiger charge is -2.27. The highest BCUT2D eigenvalue weighted by molar-refractivity contribution is 7.11. The molecule has 0 bridgehead atoms. The van der Waals surface area contributed by atoms with Crippen molar-refractivity contribution in [2.75, 3.05) is 6.61 Å². The smallest absolute Gasteiger partial charge is 0.335 e. The average Bonchev–Trinajstić information content (AvgIpc) is 3.57. The first-order chi connectivity index (χ1) is 21.4. The normalized spacial score (nSPS) is 15.0. The van der Waals surface area contributed by atoms with Crippen LogP contribution in [-0.4, -0.2) is 43.3 Å². The molecule has 4 heterocycles. The van der Waals surface area contributed by atoms with Crippen LogP contribution < -0.4 is 4.74 Å². The molecule has 0 radical (unpaired) electrons. The number of hydrogen-bond acceptors (Lipinski definition) is 7. The molecule has 1 aliphatic heterocycles. The third-order valence-electron chi connectivity index (χ3n) is 7.21. The molecule has 15 heteroatoms. The topological polar surface area (TPSA) is 99.4 Å². The van der Waals surface area contributed by atoms with Gasteiger partial charge in [-0.3, -0.25) is 0 Å². The van der Waals surface area contributed by atoms with Crippen LogP contribution in [0.1, 0.15) is 45.0 Å². The highest BCUT2D eigenvalue weighted by Crippen LogP contribution is 2.33. The van der Waals surface area contributed by atoms with Gasteiger partial charge in [-0.1, -0.05) is 0 Å². The number of thiazole rings is 1. The Hall–Kier alpha value is -4.50. The van der Waals surface area contributed by atoms with Crippen molar-refractivity contribution in [2.45, 2.75) is 44.9 Å². The molecule has 1 aliphatic rings. The zero-order valence-electron chi connectivity index (χ0n) is 23.3. The Morgan fingerprint density at radius 2 is 1.87 bits per heavy atom. The number of carboxylic acids is 1. The molecule has 1 saturated heterocycles. The van der Waals surface area contributed by atoms with Crippen molar-refractivity contribution in [3.63, 3.8) is 0 Å². The van der Waals surface area contributed by atoms with Crippen molar-refractivity contribution in [1.29, 1.82) is 0 Å². The molecule has 0 saturated carbocycles. The van der Waals surface area contributed by atoms with E-state index in [0.717, 1.165) is 36.5 Å². The number of carbonyl (C=O) groups is 1. The number of rotatable bonds is 10. The van der Waals surface area contributed by atoms with E-state index in [0.29, 0.717) is 31.3 Å². The van der Waals surface area contributed by atoms with Crippen LogP contribution in [0.3, 0.4) is 0 Å². The van der Waals surface area contributed by atoms with Gasteiger partial charge in [0.25, 0.3) is 11.8 Å². The summed E-state index contributed by atoms with van der Waals surface area (Å²) < 4.78 is 99.5. The van der Waals surface area contributed by atoms with Gasteiger partial charge in [0.05, 0.1) is 34.3 Å². The maximum Gasteiger partial charge on any atom is 0.335 e. The number of nitrogens with zero attached hydrogens (tertiary/aromatic N) is 4. The van der Waals surface area contributed by atoms with Crippen LogP contribution in [0, 0.1) is 23.3 Å². The fourth-order valence-corrected chi connectivity index (χ4v) is 5.56. The van der Waals surface area contributed by atoms with Crippen molar-refractivity contribution in [1.82, 2.24) is 19.5 Å². The minimum absolute atomic E-state index is 0.118. The summed E-state index contributed by atoms with van der Waals surface area (Å²) in [5.41, 5.74) is -0.836. The molecule has 234 valence electrons. The van der Waals surface area contributed by atoms with Crippen LogP contribution in [0.15, 0.2) is 42.6 Å². The van der Waals surface area contributed by atoms with Crippen molar-refractivity contribution in [3.05, 3.63) is 92.7 Å². The lowest BCUT2D eigenvalue weighted by molar-refractivity contribution is -0.0589. The molecule has 3 aromatic heterocycles. The second-order valence-electron chi connectivity index (χ2n) is 10.4. The number of aromatic nitrogens is 4. The largest absolute Gasteiger partial charge is 0.478 e. The van der Waals surface area contributed by atoms with Gasteiger partial charge in [-0.25, -0.2) is 46.1 Å². The molecule has 2 aromatic carbocycles. The van der Waals surface area contributed by atoms with Gasteiger partial charge in [-0.2, -0.15) is 0 Å². The number of benzene rings is 2. The van der Waals surface area contributed by atoms with Crippen molar-refractivity contribution < 1.29 is 45.7 Å². The Morgan fingerprint density at radius 3 is 2.53 bits per heavy atom. The minimum Gasteiger partial charge on any atom is -0.478 e. The second-order valence-corrected chi connectivity index (χ2v) is 11.5. The number of hydrogen-bond donors (Lipinski definition) is 1. The Labute approximate surface area is 254 Å². The molecule has 0 spiro atoms. The van der Waals surface area contributed by atoms with Crippen LogP contribution >= 0.6 is 11.3 Å². The molecular weight excluding hydrogens is 626 g/mol. The van der Waals surface area contributed by atoms with Gasteiger partial charge in [0, 0.05) is 31.7 Å². The van der Waals surface area contributed by atoms with Crippen LogP contribution in [0.2, 0.25) is 0 Å². The van der Waals surface area contributed by atoms with E-state index in [1.54, 1.807) is 0 Å². The third kappa shape index (κ3) is 6.22. The molecule has 8 nitrogen and oxygen atoms in total. The zero-order valence-corrected chi connectivity index (χ0v) is 24.1. The second kappa shape index (κ2) is 11.8. The Morgan fingerprint density at radius 1 is 1.09 bits per heavy atom. The van der Waals surface area contributed by atoms with Gasteiger partial charge < -0.3 is 19.1 Å². The molecule has 1 atom stereocenters. The molecule has 0 aliphatic carbocycles. The molecule has 5 aromatic rings. The summed E-state index contributed by atoms with van der Waals surface area (Å²) in [6.07, 6.45) is 1.18. The SMILES string of the molecule is CC(F)(F)c1cnc(COc2nc(-c3cc(F)c(Cc4nc5c(F)cc(C(=O)O)cc5n4C[C@@H]4CCO4)cc3F)ccc2F)s1. The number of fused-ring (bicyclic) bond motifs is 1. The maximum absolute atomic E-state index is 15.4.